The van der Waals surface area contributed by atoms with E-state index in [1.54, 1.807) is 7.11 Å². The topological polar surface area (TPSA) is 37.7 Å². The summed E-state index contributed by atoms with van der Waals surface area (Å²) in [5.74, 6) is 0.873. The van der Waals surface area contributed by atoms with Crippen LogP contribution in [0.15, 0.2) is 78.9 Å². The highest BCUT2D eigenvalue weighted by Gasteiger charge is 2.43. The van der Waals surface area contributed by atoms with Crippen LogP contribution in [-0.2, 0) is 19.5 Å². The van der Waals surface area contributed by atoms with Gasteiger partial charge in [-0.05, 0) is 41.3 Å². The fourth-order valence-electron chi connectivity index (χ4n) is 5.48. The Morgan fingerprint density at radius 1 is 0.909 bits per heavy atom. The quantitative estimate of drug-likeness (QED) is 0.429. The van der Waals surface area contributed by atoms with Gasteiger partial charge in [0.1, 0.15) is 5.75 Å². The van der Waals surface area contributed by atoms with Crippen molar-refractivity contribution >= 4 is 16.9 Å². The molecule has 5 heteroatoms. The van der Waals surface area contributed by atoms with Crippen LogP contribution in [-0.4, -0.2) is 40.6 Å². The van der Waals surface area contributed by atoms with E-state index in [2.05, 4.69) is 64.1 Å². The molecule has 0 aliphatic carbocycles. The molecule has 2 aliphatic heterocycles. The van der Waals surface area contributed by atoms with E-state index in [9.17, 15) is 4.79 Å². The van der Waals surface area contributed by atoms with E-state index in [0.29, 0.717) is 13.1 Å². The summed E-state index contributed by atoms with van der Waals surface area (Å²) in [5, 5.41) is 1.24. The van der Waals surface area contributed by atoms with Crippen LogP contribution < -0.4 is 4.74 Å². The standard InChI is InChI=1S/C28H27N3O2/c1-33-22-12-13-25-24(16-22)23-14-15-30-26(27(23)31(25)18-21-10-6-3-7-11-21)19-29(28(30)32)17-20-8-4-2-5-9-20/h2-13,16,26H,14-15,17-19H2,1H3. The van der Waals surface area contributed by atoms with Crippen LogP contribution in [0.1, 0.15) is 28.4 Å². The van der Waals surface area contributed by atoms with Crippen LogP contribution in [0.2, 0.25) is 0 Å². The van der Waals surface area contributed by atoms with E-state index < -0.39 is 0 Å². The van der Waals surface area contributed by atoms with Gasteiger partial charge in [0.2, 0.25) is 0 Å². The number of carbonyl (C=O) groups is 1. The Balaban J connectivity index is 1.44. The summed E-state index contributed by atoms with van der Waals surface area (Å²) in [6.07, 6.45) is 0.863. The third kappa shape index (κ3) is 3.35. The first-order chi connectivity index (χ1) is 16.2. The minimum Gasteiger partial charge on any atom is -0.497 e. The molecule has 33 heavy (non-hydrogen) atoms. The van der Waals surface area contributed by atoms with Gasteiger partial charge >= 0.3 is 6.03 Å². The van der Waals surface area contributed by atoms with Gasteiger partial charge in [-0.25, -0.2) is 4.79 Å². The second-order valence-electron chi connectivity index (χ2n) is 8.93. The van der Waals surface area contributed by atoms with Crippen molar-refractivity contribution < 1.29 is 9.53 Å². The van der Waals surface area contributed by atoms with Crippen LogP contribution in [0, 0.1) is 0 Å². The van der Waals surface area contributed by atoms with Crippen LogP contribution in [0.4, 0.5) is 4.79 Å². The molecule has 1 aromatic heterocycles. The number of amides is 2. The fourth-order valence-corrected chi connectivity index (χ4v) is 5.48. The van der Waals surface area contributed by atoms with Crippen molar-refractivity contribution in [2.75, 3.05) is 20.2 Å². The summed E-state index contributed by atoms with van der Waals surface area (Å²) >= 11 is 0. The summed E-state index contributed by atoms with van der Waals surface area (Å²) < 4.78 is 7.97. The van der Waals surface area contributed by atoms with E-state index in [1.165, 1.54) is 33.3 Å². The smallest absolute Gasteiger partial charge is 0.321 e. The van der Waals surface area contributed by atoms with E-state index in [-0.39, 0.29) is 12.1 Å². The minimum atomic E-state index is 0.0621. The summed E-state index contributed by atoms with van der Waals surface area (Å²) in [5.41, 5.74) is 6.27. The molecule has 166 valence electrons. The highest BCUT2D eigenvalue weighted by atomic mass is 16.5. The molecule has 0 bridgehead atoms. The van der Waals surface area contributed by atoms with Gasteiger partial charge in [-0.15, -0.1) is 0 Å². The van der Waals surface area contributed by atoms with Crippen molar-refractivity contribution in [3.8, 4) is 5.75 Å². The number of ether oxygens (including phenoxy) is 1. The third-order valence-corrected chi connectivity index (χ3v) is 7.02. The molecule has 6 rings (SSSR count). The molecule has 2 amide bonds. The maximum Gasteiger partial charge on any atom is 0.321 e. The SMILES string of the molecule is COc1ccc2c(c1)c1c(n2Cc2ccccc2)C2CN(Cc3ccccc3)C(=O)N2CC1. The van der Waals surface area contributed by atoms with Gasteiger partial charge in [0.05, 0.1) is 13.2 Å². The molecule has 1 saturated heterocycles. The lowest BCUT2D eigenvalue weighted by atomic mass is 9.98. The predicted molar refractivity (Wildman–Crippen MR) is 129 cm³/mol. The lowest BCUT2D eigenvalue weighted by Crippen LogP contribution is -2.37. The third-order valence-electron chi connectivity index (χ3n) is 7.02. The zero-order valence-corrected chi connectivity index (χ0v) is 18.8. The number of nitrogens with zero attached hydrogens (tertiary/aromatic N) is 3. The van der Waals surface area contributed by atoms with E-state index in [1.807, 2.05) is 29.2 Å². The number of benzene rings is 3. The van der Waals surface area contributed by atoms with Crippen molar-refractivity contribution in [1.29, 1.82) is 0 Å². The summed E-state index contributed by atoms with van der Waals surface area (Å²) in [7, 11) is 1.72. The Morgan fingerprint density at radius 2 is 1.61 bits per heavy atom. The molecule has 0 saturated carbocycles. The van der Waals surface area contributed by atoms with Crippen molar-refractivity contribution in [2.24, 2.45) is 0 Å². The number of aromatic nitrogens is 1. The average molecular weight is 438 g/mol. The van der Waals surface area contributed by atoms with E-state index >= 15 is 0 Å². The van der Waals surface area contributed by atoms with Crippen LogP contribution >= 0.6 is 0 Å². The lowest BCUT2D eigenvalue weighted by molar-refractivity contribution is 0.182. The number of rotatable bonds is 5. The van der Waals surface area contributed by atoms with Crippen LogP contribution in [0.25, 0.3) is 10.9 Å². The molecular weight excluding hydrogens is 410 g/mol. The van der Waals surface area contributed by atoms with Crippen molar-refractivity contribution in [1.82, 2.24) is 14.4 Å². The Labute approximate surface area is 193 Å². The van der Waals surface area contributed by atoms with Gasteiger partial charge in [0.15, 0.2) is 0 Å². The summed E-state index contributed by atoms with van der Waals surface area (Å²) in [6, 6.07) is 27.4. The van der Waals surface area contributed by atoms with Crippen molar-refractivity contribution in [3.63, 3.8) is 0 Å². The van der Waals surface area contributed by atoms with E-state index in [4.69, 9.17) is 4.74 Å². The van der Waals surface area contributed by atoms with Crippen molar-refractivity contribution in [2.45, 2.75) is 25.6 Å². The number of methoxy groups -OCH3 is 1. The molecule has 3 heterocycles. The second-order valence-corrected chi connectivity index (χ2v) is 8.93. The van der Waals surface area contributed by atoms with Crippen LogP contribution in [0.3, 0.4) is 0 Å². The van der Waals surface area contributed by atoms with Crippen molar-refractivity contribution in [3.05, 3.63) is 101 Å². The molecule has 4 aromatic rings. The molecule has 3 aromatic carbocycles. The number of fused-ring (bicyclic) bond motifs is 5. The van der Waals surface area contributed by atoms with Gasteiger partial charge in [-0.1, -0.05) is 60.7 Å². The van der Waals surface area contributed by atoms with Gasteiger partial charge in [-0.2, -0.15) is 0 Å². The first-order valence-corrected chi connectivity index (χ1v) is 11.6. The molecule has 0 radical (unpaired) electrons. The average Bonchev–Trinajstić information content (AvgIpc) is 3.34. The number of hydrogen-bond acceptors (Lipinski definition) is 2. The largest absolute Gasteiger partial charge is 0.497 e. The first-order valence-electron chi connectivity index (χ1n) is 11.6. The van der Waals surface area contributed by atoms with E-state index in [0.717, 1.165) is 25.3 Å². The predicted octanol–water partition coefficient (Wildman–Crippen LogP) is 5.23. The molecule has 5 nitrogen and oxygen atoms in total. The fraction of sp³-hybridized carbons (Fsp3) is 0.250. The highest BCUT2D eigenvalue weighted by Crippen LogP contribution is 2.42. The van der Waals surface area contributed by atoms with Gasteiger partial charge < -0.3 is 19.1 Å². The van der Waals surface area contributed by atoms with Gasteiger partial charge in [0.25, 0.3) is 0 Å². The normalized spacial score (nSPS) is 17.4. The maximum absolute atomic E-state index is 13.4. The monoisotopic (exact) mass is 437 g/mol. The van der Waals surface area contributed by atoms with Gasteiger partial charge in [-0.3, -0.25) is 0 Å². The molecule has 0 N–H and O–H groups in total. The zero-order chi connectivity index (χ0) is 22.4. The summed E-state index contributed by atoms with van der Waals surface area (Å²) in [4.78, 5) is 17.4. The number of hydrogen-bond donors (Lipinski definition) is 0. The number of urea groups is 1. The molecule has 2 aliphatic rings. The Morgan fingerprint density at radius 3 is 2.30 bits per heavy atom. The first kappa shape index (κ1) is 19.9. The lowest BCUT2D eigenvalue weighted by Gasteiger charge is -2.30. The molecule has 0 spiro atoms. The Bertz CT molecular complexity index is 1310. The summed E-state index contributed by atoms with van der Waals surface area (Å²) in [6.45, 7) is 2.90. The second kappa shape index (κ2) is 8.00. The Hall–Kier alpha value is -3.73. The zero-order valence-electron chi connectivity index (χ0n) is 18.8. The Kier molecular flexibility index (Phi) is 4.83. The minimum absolute atomic E-state index is 0.0621. The molecule has 1 fully saturated rings. The maximum atomic E-state index is 13.4. The molecule has 1 atom stereocenters. The number of carbonyl (C=O) groups excluding carboxylic acids is 1. The van der Waals surface area contributed by atoms with Crippen LogP contribution in [0.5, 0.6) is 5.75 Å². The molecule has 1 unspecified atom stereocenters. The molecular formula is C28H27N3O2. The van der Waals surface area contributed by atoms with Gasteiger partial charge in [0, 0.05) is 42.8 Å². The highest BCUT2D eigenvalue weighted by molar-refractivity contribution is 5.89.